The lowest BCUT2D eigenvalue weighted by Gasteiger charge is -2.20. The first-order valence-electron chi connectivity index (χ1n) is 5.28. The molecule has 0 aromatic rings. The third-order valence-electron chi connectivity index (χ3n) is 2.02. The van der Waals surface area contributed by atoms with E-state index < -0.39 is 0 Å². The lowest BCUT2D eigenvalue weighted by molar-refractivity contribution is -0.0198. The monoisotopic (exact) mass is 205 g/mol. The molecule has 0 saturated carbocycles. The van der Waals surface area contributed by atoms with Crippen molar-refractivity contribution in [2.24, 2.45) is 5.73 Å². The van der Waals surface area contributed by atoms with Crippen LogP contribution in [0.1, 0.15) is 26.7 Å². The molecule has 0 aliphatic rings. The van der Waals surface area contributed by atoms with Gasteiger partial charge in [0, 0.05) is 6.54 Å². The van der Waals surface area contributed by atoms with E-state index in [1.54, 1.807) is 0 Å². The van der Waals surface area contributed by atoms with Gasteiger partial charge in [0.05, 0.1) is 32.0 Å². The van der Waals surface area contributed by atoms with Crippen LogP contribution in [0.2, 0.25) is 0 Å². The van der Waals surface area contributed by atoms with E-state index in [0.717, 1.165) is 12.8 Å². The van der Waals surface area contributed by atoms with Gasteiger partial charge in [-0.25, -0.2) is 0 Å². The standard InChI is InChI=1S/C10H23NO3/c1-3-10(14-7-5-12)8-9(2)13-6-4-11/h9-10,12H,3-8,11H2,1-2H3. The molecule has 14 heavy (non-hydrogen) atoms. The van der Waals surface area contributed by atoms with Crippen molar-refractivity contribution in [2.45, 2.75) is 38.9 Å². The zero-order chi connectivity index (χ0) is 10.8. The number of ether oxygens (including phenoxy) is 2. The number of nitrogens with two attached hydrogens (primary N) is 1. The first-order valence-corrected chi connectivity index (χ1v) is 5.28. The van der Waals surface area contributed by atoms with Crippen molar-refractivity contribution in [1.29, 1.82) is 0 Å². The van der Waals surface area contributed by atoms with Crippen LogP contribution in [-0.2, 0) is 9.47 Å². The highest BCUT2D eigenvalue weighted by molar-refractivity contribution is 4.61. The molecule has 0 spiro atoms. The van der Waals surface area contributed by atoms with Gasteiger partial charge in [0.15, 0.2) is 0 Å². The van der Waals surface area contributed by atoms with Crippen LogP contribution >= 0.6 is 0 Å². The Morgan fingerprint density at radius 2 is 2.00 bits per heavy atom. The Morgan fingerprint density at radius 3 is 2.50 bits per heavy atom. The van der Waals surface area contributed by atoms with Crippen molar-refractivity contribution < 1.29 is 14.6 Å². The third-order valence-corrected chi connectivity index (χ3v) is 2.02. The van der Waals surface area contributed by atoms with E-state index >= 15 is 0 Å². The number of hydrogen-bond donors (Lipinski definition) is 2. The quantitative estimate of drug-likeness (QED) is 0.576. The number of aliphatic hydroxyl groups is 1. The van der Waals surface area contributed by atoms with Crippen LogP contribution in [0, 0.1) is 0 Å². The molecule has 0 bridgehead atoms. The minimum atomic E-state index is 0.0779. The highest BCUT2D eigenvalue weighted by Crippen LogP contribution is 2.09. The van der Waals surface area contributed by atoms with Crippen LogP contribution in [0.4, 0.5) is 0 Å². The van der Waals surface area contributed by atoms with E-state index in [9.17, 15) is 0 Å². The summed E-state index contributed by atoms with van der Waals surface area (Å²) in [6.07, 6.45) is 2.14. The Balaban J connectivity index is 3.57. The molecule has 0 aromatic heterocycles. The maximum Gasteiger partial charge on any atom is 0.0701 e. The van der Waals surface area contributed by atoms with Gasteiger partial charge in [-0.3, -0.25) is 0 Å². The van der Waals surface area contributed by atoms with Gasteiger partial charge in [0.2, 0.25) is 0 Å². The molecule has 0 aliphatic heterocycles. The van der Waals surface area contributed by atoms with Crippen molar-refractivity contribution in [3.63, 3.8) is 0 Å². The second kappa shape index (κ2) is 9.40. The van der Waals surface area contributed by atoms with Gasteiger partial charge in [-0.05, 0) is 19.8 Å². The zero-order valence-corrected chi connectivity index (χ0v) is 9.24. The second-order valence-electron chi connectivity index (χ2n) is 3.33. The summed E-state index contributed by atoms with van der Waals surface area (Å²) in [7, 11) is 0. The fourth-order valence-corrected chi connectivity index (χ4v) is 1.28. The molecule has 0 saturated heterocycles. The molecule has 0 radical (unpaired) electrons. The Labute approximate surface area is 86.4 Å². The maximum absolute atomic E-state index is 8.61. The van der Waals surface area contributed by atoms with Gasteiger partial charge < -0.3 is 20.3 Å². The Morgan fingerprint density at radius 1 is 1.29 bits per heavy atom. The molecule has 2 atom stereocenters. The van der Waals surface area contributed by atoms with E-state index in [-0.39, 0.29) is 18.8 Å². The van der Waals surface area contributed by atoms with Crippen molar-refractivity contribution in [2.75, 3.05) is 26.4 Å². The van der Waals surface area contributed by atoms with Crippen LogP contribution in [-0.4, -0.2) is 43.7 Å². The van der Waals surface area contributed by atoms with E-state index in [2.05, 4.69) is 6.92 Å². The van der Waals surface area contributed by atoms with Gasteiger partial charge in [-0.2, -0.15) is 0 Å². The third kappa shape index (κ3) is 7.26. The molecule has 86 valence electrons. The van der Waals surface area contributed by atoms with Crippen LogP contribution in [0.5, 0.6) is 0 Å². The number of hydrogen-bond acceptors (Lipinski definition) is 4. The molecular formula is C10H23NO3. The minimum absolute atomic E-state index is 0.0779. The van der Waals surface area contributed by atoms with Crippen LogP contribution < -0.4 is 5.73 Å². The lowest BCUT2D eigenvalue weighted by atomic mass is 10.1. The van der Waals surface area contributed by atoms with Gasteiger partial charge in [-0.15, -0.1) is 0 Å². The van der Waals surface area contributed by atoms with Gasteiger partial charge in [0.1, 0.15) is 0 Å². The smallest absolute Gasteiger partial charge is 0.0701 e. The average Bonchev–Trinajstić information content (AvgIpc) is 2.21. The molecule has 3 N–H and O–H groups in total. The molecule has 0 heterocycles. The summed E-state index contributed by atoms with van der Waals surface area (Å²) in [5, 5.41) is 8.61. The minimum Gasteiger partial charge on any atom is -0.394 e. The maximum atomic E-state index is 8.61. The Bertz CT molecular complexity index is 122. The van der Waals surface area contributed by atoms with Crippen LogP contribution in [0.3, 0.4) is 0 Å². The van der Waals surface area contributed by atoms with Gasteiger partial charge >= 0.3 is 0 Å². The predicted molar refractivity (Wildman–Crippen MR) is 56.2 cm³/mol. The molecule has 0 amide bonds. The molecule has 0 fully saturated rings. The highest BCUT2D eigenvalue weighted by atomic mass is 16.5. The summed E-state index contributed by atoms with van der Waals surface area (Å²) in [5.74, 6) is 0. The van der Waals surface area contributed by atoms with Crippen molar-refractivity contribution >= 4 is 0 Å². The van der Waals surface area contributed by atoms with Crippen molar-refractivity contribution in [3.05, 3.63) is 0 Å². The topological polar surface area (TPSA) is 64.7 Å². The van der Waals surface area contributed by atoms with E-state index in [4.69, 9.17) is 20.3 Å². The molecular weight excluding hydrogens is 182 g/mol. The molecule has 4 heteroatoms. The number of aliphatic hydroxyl groups excluding tert-OH is 1. The Kier molecular flexibility index (Phi) is 9.29. The Hall–Kier alpha value is -0.160. The summed E-state index contributed by atoms with van der Waals surface area (Å²) in [4.78, 5) is 0. The van der Waals surface area contributed by atoms with Crippen LogP contribution in [0.25, 0.3) is 0 Å². The summed E-state index contributed by atoms with van der Waals surface area (Å²) < 4.78 is 10.9. The molecule has 2 unspecified atom stereocenters. The van der Waals surface area contributed by atoms with Crippen molar-refractivity contribution in [1.82, 2.24) is 0 Å². The van der Waals surface area contributed by atoms with Crippen LogP contribution in [0.15, 0.2) is 0 Å². The van der Waals surface area contributed by atoms with Crippen molar-refractivity contribution in [3.8, 4) is 0 Å². The first-order chi connectivity index (χ1) is 6.74. The molecule has 4 nitrogen and oxygen atoms in total. The summed E-state index contributed by atoms with van der Waals surface area (Å²) in [5.41, 5.74) is 5.33. The SMILES string of the molecule is CCC(CC(C)OCCN)OCCO. The molecule has 0 aromatic carbocycles. The highest BCUT2D eigenvalue weighted by Gasteiger charge is 2.11. The largest absolute Gasteiger partial charge is 0.394 e. The fraction of sp³-hybridized carbons (Fsp3) is 1.00. The van der Waals surface area contributed by atoms with E-state index in [1.165, 1.54) is 0 Å². The summed E-state index contributed by atoms with van der Waals surface area (Å²) in [6.45, 7) is 5.71. The normalized spacial score (nSPS) is 15.4. The van der Waals surface area contributed by atoms with Gasteiger partial charge in [0.25, 0.3) is 0 Å². The second-order valence-corrected chi connectivity index (χ2v) is 3.33. The summed E-state index contributed by atoms with van der Waals surface area (Å²) in [6, 6.07) is 0. The van der Waals surface area contributed by atoms with E-state index in [0.29, 0.717) is 19.8 Å². The molecule has 0 aliphatic carbocycles. The molecule has 0 rings (SSSR count). The first kappa shape index (κ1) is 13.8. The van der Waals surface area contributed by atoms with E-state index in [1.807, 2.05) is 6.92 Å². The average molecular weight is 205 g/mol. The lowest BCUT2D eigenvalue weighted by Crippen LogP contribution is -2.23. The fourth-order valence-electron chi connectivity index (χ4n) is 1.28. The van der Waals surface area contributed by atoms with Gasteiger partial charge in [-0.1, -0.05) is 6.92 Å². The predicted octanol–water partition coefficient (Wildman–Crippen LogP) is 0.528. The zero-order valence-electron chi connectivity index (χ0n) is 9.24. The number of rotatable bonds is 9. The summed E-state index contributed by atoms with van der Waals surface area (Å²) >= 11 is 0.